The molecule has 1 heterocycles. The van der Waals surface area contributed by atoms with Crippen molar-refractivity contribution < 1.29 is 14.6 Å². The van der Waals surface area contributed by atoms with Gasteiger partial charge in [-0.3, -0.25) is 0 Å². The molecular formula is C14H20O3S. The summed E-state index contributed by atoms with van der Waals surface area (Å²) in [6, 6.07) is 5.94. The zero-order chi connectivity index (χ0) is 13.0. The molecule has 0 unspecified atom stereocenters. The molecular weight excluding hydrogens is 248 g/mol. The zero-order valence-electron chi connectivity index (χ0n) is 10.9. The first-order valence-electron chi connectivity index (χ1n) is 6.31. The van der Waals surface area contributed by atoms with Gasteiger partial charge in [-0.1, -0.05) is 6.07 Å². The van der Waals surface area contributed by atoms with E-state index in [-0.39, 0.29) is 0 Å². The van der Waals surface area contributed by atoms with E-state index in [1.165, 1.54) is 0 Å². The van der Waals surface area contributed by atoms with E-state index in [9.17, 15) is 5.11 Å². The first kappa shape index (κ1) is 13.7. The van der Waals surface area contributed by atoms with Gasteiger partial charge in [0.25, 0.3) is 0 Å². The quantitative estimate of drug-likeness (QED) is 0.911. The summed E-state index contributed by atoms with van der Waals surface area (Å²) in [5, 5.41) is 10.5. The first-order valence-corrected chi connectivity index (χ1v) is 7.19. The van der Waals surface area contributed by atoms with Crippen molar-refractivity contribution in [2.45, 2.75) is 36.0 Å². The van der Waals surface area contributed by atoms with E-state index in [0.29, 0.717) is 5.25 Å². The Morgan fingerprint density at radius 3 is 2.72 bits per heavy atom. The van der Waals surface area contributed by atoms with Crippen LogP contribution in [-0.2, 0) is 4.74 Å². The molecule has 100 valence electrons. The minimum atomic E-state index is -0.511. The summed E-state index contributed by atoms with van der Waals surface area (Å²) in [4.78, 5) is 1.12. The minimum Gasteiger partial charge on any atom is -0.496 e. The Labute approximate surface area is 112 Å². The van der Waals surface area contributed by atoms with Crippen LogP contribution in [0.4, 0.5) is 0 Å². The highest BCUT2D eigenvalue weighted by atomic mass is 32.2. The molecule has 1 N–H and O–H groups in total. The monoisotopic (exact) mass is 268 g/mol. The van der Waals surface area contributed by atoms with Crippen molar-refractivity contribution in [1.82, 2.24) is 0 Å². The lowest BCUT2D eigenvalue weighted by atomic mass is 10.1. The number of hydrogen-bond acceptors (Lipinski definition) is 4. The second-order valence-electron chi connectivity index (χ2n) is 4.48. The van der Waals surface area contributed by atoms with Gasteiger partial charge in [-0.25, -0.2) is 0 Å². The topological polar surface area (TPSA) is 38.7 Å². The average Bonchev–Trinajstić information content (AvgIpc) is 2.39. The normalized spacial score (nSPS) is 18.6. The molecule has 0 aromatic heterocycles. The SMILES string of the molecule is COc1cccc(SC2CCOCC2)c1[C@@H](C)O. The molecule has 1 aliphatic heterocycles. The molecule has 0 aliphatic carbocycles. The van der Waals surface area contributed by atoms with Crippen LogP contribution in [0, 0.1) is 0 Å². The molecule has 1 aromatic carbocycles. The summed E-state index contributed by atoms with van der Waals surface area (Å²) in [7, 11) is 1.64. The van der Waals surface area contributed by atoms with Crippen molar-refractivity contribution in [2.24, 2.45) is 0 Å². The van der Waals surface area contributed by atoms with Gasteiger partial charge < -0.3 is 14.6 Å². The van der Waals surface area contributed by atoms with Crippen molar-refractivity contribution in [3.8, 4) is 5.75 Å². The number of rotatable bonds is 4. The standard InChI is InChI=1S/C14H20O3S/c1-10(15)14-12(16-2)4-3-5-13(14)18-11-6-8-17-9-7-11/h3-5,10-11,15H,6-9H2,1-2H3/t10-/m1/s1. The fraction of sp³-hybridized carbons (Fsp3) is 0.571. The third kappa shape index (κ3) is 3.19. The molecule has 2 rings (SSSR count). The fourth-order valence-electron chi connectivity index (χ4n) is 2.19. The van der Waals surface area contributed by atoms with Gasteiger partial charge >= 0.3 is 0 Å². The average molecular weight is 268 g/mol. The molecule has 0 radical (unpaired) electrons. The Morgan fingerprint density at radius 2 is 2.11 bits per heavy atom. The summed E-state index contributed by atoms with van der Waals surface area (Å²) in [6.45, 7) is 3.46. The van der Waals surface area contributed by atoms with Gasteiger partial charge in [0.05, 0.1) is 13.2 Å². The van der Waals surface area contributed by atoms with E-state index in [4.69, 9.17) is 9.47 Å². The molecule has 1 aromatic rings. The van der Waals surface area contributed by atoms with Gasteiger partial charge in [-0.15, -0.1) is 11.8 Å². The van der Waals surface area contributed by atoms with Crippen molar-refractivity contribution in [3.63, 3.8) is 0 Å². The van der Waals surface area contributed by atoms with E-state index in [1.807, 2.05) is 23.9 Å². The van der Waals surface area contributed by atoms with Gasteiger partial charge in [0.2, 0.25) is 0 Å². The van der Waals surface area contributed by atoms with Crippen LogP contribution in [0.25, 0.3) is 0 Å². The Hall–Kier alpha value is -0.710. The van der Waals surface area contributed by atoms with E-state index in [2.05, 4.69) is 6.07 Å². The Kier molecular flexibility index (Phi) is 4.92. The summed E-state index contributed by atoms with van der Waals surface area (Å²) in [5.74, 6) is 0.766. The zero-order valence-corrected chi connectivity index (χ0v) is 11.7. The van der Waals surface area contributed by atoms with Crippen LogP contribution in [0.3, 0.4) is 0 Å². The van der Waals surface area contributed by atoms with Crippen LogP contribution in [0.15, 0.2) is 23.1 Å². The van der Waals surface area contributed by atoms with Gasteiger partial charge in [0, 0.05) is 28.9 Å². The van der Waals surface area contributed by atoms with Crippen molar-refractivity contribution in [3.05, 3.63) is 23.8 Å². The molecule has 1 aliphatic rings. The molecule has 0 bridgehead atoms. The Balaban J connectivity index is 2.20. The van der Waals surface area contributed by atoms with Gasteiger partial charge in [-0.2, -0.15) is 0 Å². The highest BCUT2D eigenvalue weighted by Crippen LogP contribution is 2.38. The first-order chi connectivity index (χ1) is 8.72. The van der Waals surface area contributed by atoms with Crippen LogP contribution < -0.4 is 4.74 Å². The van der Waals surface area contributed by atoms with Crippen LogP contribution in [0.1, 0.15) is 31.4 Å². The lowest BCUT2D eigenvalue weighted by Gasteiger charge is -2.23. The van der Waals surface area contributed by atoms with Gasteiger partial charge in [-0.05, 0) is 31.9 Å². The van der Waals surface area contributed by atoms with Crippen molar-refractivity contribution in [1.29, 1.82) is 0 Å². The van der Waals surface area contributed by atoms with Gasteiger partial charge in [0.1, 0.15) is 5.75 Å². The highest BCUT2D eigenvalue weighted by molar-refractivity contribution is 8.00. The molecule has 4 heteroatoms. The molecule has 1 fully saturated rings. The van der Waals surface area contributed by atoms with Crippen LogP contribution in [0.2, 0.25) is 0 Å². The minimum absolute atomic E-state index is 0.511. The molecule has 0 saturated carbocycles. The van der Waals surface area contributed by atoms with Crippen molar-refractivity contribution >= 4 is 11.8 Å². The number of thioether (sulfide) groups is 1. The second kappa shape index (κ2) is 6.45. The lowest BCUT2D eigenvalue weighted by molar-refractivity contribution is 0.1000. The third-order valence-electron chi connectivity index (χ3n) is 3.13. The number of aliphatic hydroxyl groups excluding tert-OH is 1. The summed E-state index contributed by atoms with van der Waals surface area (Å²) < 4.78 is 10.7. The molecule has 0 amide bonds. The molecule has 1 atom stereocenters. The number of aliphatic hydroxyl groups is 1. The van der Waals surface area contributed by atoms with E-state index < -0.39 is 6.10 Å². The molecule has 1 saturated heterocycles. The number of benzene rings is 1. The number of methoxy groups -OCH3 is 1. The predicted octanol–water partition coefficient (Wildman–Crippen LogP) is 3.02. The largest absolute Gasteiger partial charge is 0.496 e. The summed E-state index contributed by atoms with van der Waals surface area (Å²) in [5.41, 5.74) is 0.900. The highest BCUT2D eigenvalue weighted by Gasteiger charge is 2.20. The summed E-state index contributed by atoms with van der Waals surface area (Å²) in [6.07, 6.45) is 1.63. The van der Waals surface area contributed by atoms with Crippen LogP contribution >= 0.6 is 11.8 Å². The molecule has 18 heavy (non-hydrogen) atoms. The summed E-state index contributed by atoms with van der Waals surface area (Å²) >= 11 is 1.83. The van der Waals surface area contributed by atoms with Gasteiger partial charge in [0.15, 0.2) is 0 Å². The lowest BCUT2D eigenvalue weighted by Crippen LogP contribution is -2.17. The van der Waals surface area contributed by atoms with E-state index in [0.717, 1.165) is 42.3 Å². The number of hydrogen-bond donors (Lipinski definition) is 1. The van der Waals surface area contributed by atoms with Crippen molar-refractivity contribution in [2.75, 3.05) is 20.3 Å². The molecule has 0 spiro atoms. The second-order valence-corrected chi connectivity index (χ2v) is 5.82. The predicted molar refractivity (Wildman–Crippen MR) is 73.3 cm³/mol. The van der Waals surface area contributed by atoms with Crippen LogP contribution in [0.5, 0.6) is 5.75 Å². The third-order valence-corrected chi connectivity index (χ3v) is 4.54. The van der Waals surface area contributed by atoms with E-state index in [1.54, 1.807) is 14.0 Å². The maximum absolute atomic E-state index is 9.93. The fourth-order valence-corrected chi connectivity index (χ4v) is 3.53. The van der Waals surface area contributed by atoms with E-state index >= 15 is 0 Å². The Morgan fingerprint density at radius 1 is 1.39 bits per heavy atom. The maximum Gasteiger partial charge on any atom is 0.125 e. The van der Waals surface area contributed by atoms with Crippen LogP contribution in [-0.4, -0.2) is 30.7 Å². The number of ether oxygens (including phenoxy) is 2. The molecule has 3 nitrogen and oxygen atoms in total. The smallest absolute Gasteiger partial charge is 0.125 e. The Bertz CT molecular complexity index is 387. The maximum atomic E-state index is 9.93.